The molecule has 0 spiro atoms. The van der Waals surface area contributed by atoms with Crippen LogP contribution in [0.15, 0.2) is 72.3 Å². The van der Waals surface area contributed by atoms with Crippen molar-refractivity contribution in [2.24, 2.45) is 0 Å². The van der Waals surface area contributed by atoms with Gasteiger partial charge in [-0.05, 0) is 35.9 Å². The van der Waals surface area contributed by atoms with E-state index in [1.807, 2.05) is 6.07 Å². The van der Waals surface area contributed by atoms with E-state index in [9.17, 15) is 14.7 Å². The summed E-state index contributed by atoms with van der Waals surface area (Å²) in [5.74, 6) is -1.49. The van der Waals surface area contributed by atoms with Crippen LogP contribution in [0.25, 0.3) is 5.76 Å². The number of amides is 1. The number of ether oxygens (including phenoxy) is 2. The number of hydrogen-bond donors (Lipinski definition) is 1. The van der Waals surface area contributed by atoms with Gasteiger partial charge in [0.1, 0.15) is 17.3 Å². The number of methoxy groups -OCH3 is 2. The van der Waals surface area contributed by atoms with E-state index in [0.717, 1.165) is 0 Å². The van der Waals surface area contributed by atoms with E-state index < -0.39 is 23.5 Å². The molecular formula is C25H19Cl2NO5. The van der Waals surface area contributed by atoms with Gasteiger partial charge in [-0.3, -0.25) is 14.5 Å². The third kappa shape index (κ3) is 4.03. The van der Waals surface area contributed by atoms with Crippen LogP contribution in [0.4, 0.5) is 5.69 Å². The lowest BCUT2D eigenvalue weighted by molar-refractivity contribution is -0.132. The highest BCUT2D eigenvalue weighted by Crippen LogP contribution is 2.44. The quantitative estimate of drug-likeness (QED) is 0.288. The van der Waals surface area contributed by atoms with E-state index in [2.05, 4.69) is 0 Å². The van der Waals surface area contributed by atoms with Crippen LogP contribution in [0, 0.1) is 0 Å². The number of para-hydroxylation sites is 1. The minimum atomic E-state index is -0.893. The number of halogens is 2. The molecule has 8 heteroatoms. The second-order valence-electron chi connectivity index (χ2n) is 7.24. The fraction of sp³-hybridized carbons (Fsp3) is 0.120. The summed E-state index contributed by atoms with van der Waals surface area (Å²) in [6.45, 7) is 0. The minimum Gasteiger partial charge on any atom is -0.507 e. The Bertz CT molecular complexity index is 1260. The molecule has 1 atom stereocenters. The van der Waals surface area contributed by atoms with Crippen molar-refractivity contribution in [3.8, 4) is 11.5 Å². The molecule has 3 aromatic carbocycles. The summed E-state index contributed by atoms with van der Waals surface area (Å²) in [4.78, 5) is 27.8. The maximum absolute atomic E-state index is 13.2. The highest BCUT2D eigenvalue weighted by atomic mass is 35.5. The highest BCUT2D eigenvalue weighted by Gasteiger charge is 2.47. The van der Waals surface area contributed by atoms with Crippen molar-refractivity contribution in [1.82, 2.24) is 0 Å². The molecule has 33 heavy (non-hydrogen) atoms. The molecule has 1 amide bonds. The fourth-order valence-corrected chi connectivity index (χ4v) is 4.20. The van der Waals surface area contributed by atoms with Crippen LogP contribution in [0.3, 0.4) is 0 Å². The molecule has 6 nitrogen and oxygen atoms in total. The largest absolute Gasteiger partial charge is 0.507 e. The summed E-state index contributed by atoms with van der Waals surface area (Å²) in [6.07, 6.45) is 0. The molecule has 168 valence electrons. The van der Waals surface area contributed by atoms with E-state index in [0.29, 0.717) is 16.3 Å². The predicted octanol–water partition coefficient (Wildman–Crippen LogP) is 5.64. The first-order valence-corrected chi connectivity index (χ1v) is 10.7. The van der Waals surface area contributed by atoms with E-state index in [4.69, 9.17) is 32.7 Å². The topological polar surface area (TPSA) is 76.1 Å². The standard InChI is InChI=1S/C25H19Cl2NO5/c1-32-19-13-18(27)20(33-2)12-17(19)23(29)21-22(14-8-10-15(26)11-9-14)28(25(31)24(21)30)16-6-4-3-5-7-16/h3-13,22,29H,1-2H3/b23-21+. The lowest BCUT2D eigenvalue weighted by atomic mass is 9.94. The van der Waals surface area contributed by atoms with Gasteiger partial charge in [0.25, 0.3) is 11.7 Å². The van der Waals surface area contributed by atoms with Crippen molar-refractivity contribution in [3.63, 3.8) is 0 Å². The number of benzene rings is 3. The molecule has 1 heterocycles. The molecule has 1 fully saturated rings. The minimum absolute atomic E-state index is 0.0890. The summed E-state index contributed by atoms with van der Waals surface area (Å²) in [5.41, 5.74) is 1.20. The first-order valence-electron chi connectivity index (χ1n) is 9.90. The van der Waals surface area contributed by atoms with Gasteiger partial charge in [-0.1, -0.05) is 53.5 Å². The molecule has 1 aliphatic rings. The van der Waals surface area contributed by atoms with Gasteiger partial charge in [0.05, 0.1) is 36.4 Å². The van der Waals surface area contributed by atoms with Crippen molar-refractivity contribution in [2.75, 3.05) is 19.1 Å². The lowest BCUT2D eigenvalue weighted by Crippen LogP contribution is -2.29. The molecule has 0 bridgehead atoms. The summed E-state index contributed by atoms with van der Waals surface area (Å²) >= 11 is 12.3. The summed E-state index contributed by atoms with van der Waals surface area (Å²) in [7, 11) is 2.84. The lowest BCUT2D eigenvalue weighted by Gasteiger charge is -2.25. The van der Waals surface area contributed by atoms with Crippen molar-refractivity contribution in [3.05, 3.63) is 93.5 Å². The maximum Gasteiger partial charge on any atom is 0.300 e. The monoisotopic (exact) mass is 483 g/mol. The van der Waals surface area contributed by atoms with Crippen LogP contribution in [-0.4, -0.2) is 31.0 Å². The summed E-state index contributed by atoms with van der Waals surface area (Å²) < 4.78 is 10.6. The number of carbonyl (C=O) groups is 2. The van der Waals surface area contributed by atoms with Crippen molar-refractivity contribution < 1.29 is 24.2 Å². The first-order chi connectivity index (χ1) is 15.9. The van der Waals surface area contributed by atoms with E-state index in [1.54, 1.807) is 48.5 Å². The number of carbonyl (C=O) groups excluding carboxylic acids is 2. The maximum atomic E-state index is 13.2. The third-order valence-electron chi connectivity index (χ3n) is 5.39. The van der Waals surface area contributed by atoms with Crippen LogP contribution < -0.4 is 14.4 Å². The Kier molecular flexibility index (Phi) is 6.31. The molecule has 0 aromatic heterocycles. The summed E-state index contributed by atoms with van der Waals surface area (Å²) in [5, 5.41) is 12.1. The van der Waals surface area contributed by atoms with Crippen LogP contribution in [-0.2, 0) is 9.59 Å². The van der Waals surface area contributed by atoms with Crippen LogP contribution in [0.5, 0.6) is 11.5 Å². The van der Waals surface area contributed by atoms with Crippen LogP contribution in [0.1, 0.15) is 17.2 Å². The second kappa shape index (κ2) is 9.17. The van der Waals surface area contributed by atoms with Gasteiger partial charge in [0, 0.05) is 16.8 Å². The second-order valence-corrected chi connectivity index (χ2v) is 8.09. The zero-order valence-electron chi connectivity index (χ0n) is 17.7. The van der Waals surface area contributed by atoms with Gasteiger partial charge in [-0.15, -0.1) is 0 Å². The van der Waals surface area contributed by atoms with Crippen LogP contribution >= 0.6 is 23.2 Å². The van der Waals surface area contributed by atoms with Gasteiger partial charge in [0.2, 0.25) is 0 Å². The van der Waals surface area contributed by atoms with Crippen molar-refractivity contribution in [1.29, 1.82) is 0 Å². The summed E-state index contributed by atoms with van der Waals surface area (Å²) in [6, 6.07) is 17.6. The normalized spacial score (nSPS) is 17.3. The number of ketones is 1. The molecule has 4 rings (SSSR count). The highest BCUT2D eigenvalue weighted by molar-refractivity contribution is 6.51. The Hall–Kier alpha value is -3.48. The van der Waals surface area contributed by atoms with Gasteiger partial charge in [-0.25, -0.2) is 0 Å². The van der Waals surface area contributed by atoms with Crippen LogP contribution in [0.2, 0.25) is 10.0 Å². The number of aliphatic hydroxyl groups is 1. The molecule has 0 radical (unpaired) electrons. The molecule has 1 saturated heterocycles. The molecule has 0 saturated carbocycles. The molecular weight excluding hydrogens is 465 g/mol. The average molecular weight is 484 g/mol. The number of aliphatic hydroxyl groups excluding tert-OH is 1. The van der Waals surface area contributed by atoms with Crippen molar-refractivity contribution in [2.45, 2.75) is 6.04 Å². The van der Waals surface area contributed by atoms with E-state index >= 15 is 0 Å². The molecule has 0 aliphatic carbocycles. The van der Waals surface area contributed by atoms with Gasteiger partial charge >= 0.3 is 0 Å². The Morgan fingerprint density at radius 2 is 1.55 bits per heavy atom. The smallest absolute Gasteiger partial charge is 0.300 e. The number of anilines is 1. The average Bonchev–Trinajstić information content (AvgIpc) is 3.09. The number of Topliss-reactive ketones (excluding diaryl/α,β-unsaturated/α-hetero) is 1. The molecule has 3 aromatic rings. The van der Waals surface area contributed by atoms with E-state index in [-0.39, 0.29) is 27.7 Å². The third-order valence-corrected chi connectivity index (χ3v) is 5.94. The molecule has 1 aliphatic heterocycles. The van der Waals surface area contributed by atoms with Gasteiger partial charge in [0.15, 0.2) is 0 Å². The van der Waals surface area contributed by atoms with Gasteiger partial charge < -0.3 is 14.6 Å². The predicted molar refractivity (Wildman–Crippen MR) is 127 cm³/mol. The Balaban J connectivity index is 1.99. The SMILES string of the molecule is COc1cc(/C(O)=C2\C(=O)C(=O)N(c3ccccc3)C2c2ccc(Cl)cc2)c(OC)cc1Cl. The number of hydrogen-bond acceptors (Lipinski definition) is 5. The molecule has 1 N–H and O–H groups in total. The number of nitrogens with zero attached hydrogens (tertiary/aromatic N) is 1. The Morgan fingerprint density at radius 1 is 0.909 bits per heavy atom. The first kappa shape index (κ1) is 22.7. The van der Waals surface area contributed by atoms with Gasteiger partial charge in [-0.2, -0.15) is 0 Å². The fourth-order valence-electron chi connectivity index (χ4n) is 3.84. The zero-order valence-corrected chi connectivity index (χ0v) is 19.2. The number of rotatable bonds is 5. The molecule has 1 unspecified atom stereocenters. The zero-order chi connectivity index (χ0) is 23.7. The Labute approximate surface area is 200 Å². The Morgan fingerprint density at radius 3 is 2.15 bits per heavy atom. The van der Waals surface area contributed by atoms with Crippen molar-refractivity contribution >= 4 is 46.3 Å². The van der Waals surface area contributed by atoms with E-state index in [1.165, 1.54) is 31.3 Å².